The molecule has 0 aromatic carbocycles. The number of nitrogens with one attached hydrogen (secondary N) is 1. The van der Waals surface area contributed by atoms with Crippen LogP contribution >= 0.6 is 0 Å². The molecule has 6 heavy (non-hydrogen) atoms. The minimum absolute atomic E-state index is 0. The second-order valence-electron chi connectivity index (χ2n) is 1.50. The van der Waals surface area contributed by atoms with Crippen molar-refractivity contribution in [2.75, 3.05) is 21.1 Å². The molecule has 0 aliphatic heterocycles. The summed E-state index contributed by atoms with van der Waals surface area (Å²) in [7, 11) is 6.25. The Morgan fingerprint density at radius 3 is 1.00 bits per heavy atom. The molecule has 0 aliphatic rings. The van der Waals surface area contributed by atoms with E-state index in [2.05, 4.69) is 21.1 Å². The summed E-state index contributed by atoms with van der Waals surface area (Å²) in [5.74, 6) is 0. The maximum absolute atomic E-state index is 2.08. The van der Waals surface area contributed by atoms with Crippen molar-refractivity contribution in [2.24, 2.45) is 0 Å². The Kier molecular flexibility index (Phi) is 24.8. The molecular weight excluding hydrogens is 177 g/mol. The third kappa shape index (κ3) is 68.3. The molecule has 0 heterocycles. The van der Waals surface area contributed by atoms with Crippen LogP contribution in [0.25, 0.3) is 0 Å². The Morgan fingerprint density at radius 2 is 1.00 bits per heavy atom. The number of quaternary nitrogens is 1. The van der Waals surface area contributed by atoms with Crippen molar-refractivity contribution in [3.05, 3.63) is 0 Å². The van der Waals surface area contributed by atoms with Crippen molar-refractivity contribution in [2.45, 2.75) is 0 Å². The van der Waals surface area contributed by atoms with E-state index in [4.69, 9.17) is 0 Å². The molecule has 0 unspecified atom stereocenters. The molecule has 0 saturated heterocycles. The van der Waals surface area contributed by atoms with Crippen LogP contribution in [-0.4, -0.2) is 21.1 Å². The van der Waals surface area contributed by atoms with Gasteiger partial charge in [0.2, 0.25) is 0 Å². The van der Waals surface area contributed by atoms with E-state index in [0.717, 1.165) is 0 Å². The van der Waals surface area contributed by atoms with E-state index in [1.807, 2.05) is 0 Å². The number of hydrogen-bond donors (Lipinski definition) is 1. The van der Waals surface area contributed by atoms with Crippen molar-refractivity contribution in [1.29, 1.82) is 0 Å². The van der Waals surface area contributed by atoms with Gasteiger partial charge in [0.1, 0.15) is 0 Å². The van der Waals surface area contributed by atoms with Crippen molar-refractivity contribution >= 4 is 0 Å². The fourth-order valence-corrected chi connectivity index (χ4v) is 0. The standard InChI is InChI=1S/C3H9N.ClH.Zr/c1-4(2)3;;/h1-3H3;1H;. The maximum atomic E-state index is 2.08. The van der Waals surface area contributed by atoms with E-state index in [0.29, 0.717) is 0 Å². The summed E-state index contributed by atoms with van der Waals surface area (Å²) >= 11 is 0. The van der Waals surface area contributed by atoms with Crippen molar-refractivity contribution in [1.82, 2.24) is 0 Å². The molecule has 38 valence electrons. The molecule has 0 rings (SSSR count). The van der Waals surface area contributed by atoms with Crippen LogP contribution in [0.15, 0.2) is 0 Å². The quantitative estimate of drug-likeness (QED) is 0.391. The predicted molar refractivity (Wildman–Crippen MR) is 18.7 cm³/mol. The third-order valence-electron chi connectivity index (χ3n) is 0. The number of halogens is 1. The molecule has 0 fully saturated rings. The first-order valence-corrected chi connectivity index (χ1v) is 1.50. The molecule has 0 aliphatic carbocycles. The average molecular weight is 187 g/mol. The molecule has 0 radical (unpaired) electrons. The molecule has 0 bridgehead atoms. The van der Waals surface area contributed by atoms with Crippen LogP contribution in [0, 0.1) is 0 Å². The smallest absolute Gasteiger partial charge is 0.0661 e. The molecule has 1 N–H and O–H groups in total. The predicted octanol–water partition coefficient (Wildman–Crippen LogP) is -4.24. The van der Waals surface area contributed by atoms with Gasteiger partial charge in [-0.1, -0.05) is 0 Å². The van der Waals surface area contributed by atoms with Gasteiger partial charge < -0.3 is 17.3 Å². The van der Waals surface area contributed by atoms with Gasteiger partial charge in [0.25, 0.3) is 0 Å². The van der Waals surface area contributed by atoms with Crippen LogP contribution in [0.5, 0.6) is 0 Å². The Labute approximate surface area is 64.6 Å². The van der Waals surface area contributed by atoms with Gasteiger partial charge in [-0.3, -0.25) is 0 Å². The van der Waals surface area contributed by atoms with E-state index in [1.165, 1.54) is 4.90 Å². The Bertz CT molecular complexity index is 15.5. The summed E-state index contributed by atoms with van der Waals surface area (Å²) < 4.78 is 0. The summed E-state index contributed by atoms with van der Waals surface area (Å²) in [6.45, 7) is 0. The fraction of sp³-hybridized carbons (Fsp3) is 1.00. The molecular formula is C3H10ClNZr. The number of hydrogen-bond acceptors (Lipinski definition) is 0. The third-order valence-corrected chi connectivity index (χ3v) is 0. The Balaban J connectivity index is -0.0000000450. The van der Waals surface area contributed by atoms with Gasteiger partial charge in [0.15, 0.2) is 0 Å². The molecule has 0 spiro atoms. The van der Waals surface area contributed by atoms with Gasteiger partial charge in [0, 0.05) is 26.2 Å². The minimum Gasteiger partial charge on any atom is -1.00 e. The van der Waals surface area contributed by atoms with Crippen LogP contribution in [0.1, 0.15) is 0 Å². The Morgan fingerprint density at radius 1 is 1.00 bits per heavy atom. The topological polar surface area (TPSA) is 4.44 Å². The summed E-state index contributed by atoms with van der Waals surface area (Å²) in [6, 6.07) is 0. The molecule has 3 heteroatoms. The SMILES string of the molecule is C[NH+](C)C.[Cl-].[Zr]. The van der Waals surface area contributed by atoms with Crippen LogP contribution < -0.4 is 17.3 Å². The molecule has 1 nitrogen and oxygen atoms in total. The fourth-order valence-electron chi connectivity index (χ4n) is 0. The summed E-state index contributed by atoms with van der Waals surface area (Å²) in [5.41, 5.74) is 0. The van der Waals surface area contributed by atoms with E-state index in [9.17, 15) is 0 Å². The molecule has 0 aromatic rings. The second kappa shape index (κ2) is 9.46. The zero-order chi connectivity index (χ0) is 3.58. The molecule has 0 saturated carbocycles. The molecule has 0 atom stereocenters. The van der Waals surface area contributed by atoms with Crippen molar-refractivity contribution < 1.29 is 43.5 Å². The number of rotatable bonds is 0. The zero-order valence-corrected chi connectivity index (χ0v) is 7.59. The monoisotopic (exact) mass is 185 g/mol. The maximum Gasteiger partial charge on any atom is 0.0661 e. The first-order valence-electron chi connectivity index (χ1n) is 1.50. The van der Waals surface area contributed by atoms with Crippen molar-refractivity contribution in [3.63, 3.8) is 0 Å². The van der Waals surface area contributed by atoms with E-state index >= 15 is 0 Å². The summed E-state index contributed by atoms with van der Waals surface area (Å²) in [6.07, 6.45) is 0. The van der Waals surface area contributed by atoms with Gasteiger partial charge >= 0.3 is 0 Å². The van der Waals surface area contributed by atoms with Gasteiger partial charge in [-0.05, 0) is 0 Å². The largest absolute Gasteiger partial charge is 1.00 e. The minimum atomic E-state index is 0. The zero-order valence-electron chi connectivity index (χ0n) is 4.38. The average Bonchev–Trinajstić information content (AvgIpc) is 0.811. The van der Waals surface area contributed by atoms with Crippen molar-refractivity contribution in [3.8, 4) is 0 Å². The second-order valence-corrected chi connectivity index (χ2v) is 1.50. The first-order chi connectivity index (χ1) is 1.73. The van der Waals surface area contributed by atoms with E-state index in [1.54, 1.807) is 0 Å². The van der Waals surface area contributed by atoms with Crippen LogP contribution in [0.2, 0.25) is 0 Å². The van der Waals surface area contributed by atoms with Gasteiger partial charge in [-0.15, -0.1) is 0 Å². The summed E-state index contributed by atoms with van der Waals surface area (Å²) in [5, 5.41) is 0. The summed E-state index contributed by atoms with van der Waals surface area (Å²) in [4.78, 5) is 1.42. The van der Waals surface area contributed by atoms with Crippen LogP contribution in [0.3, 0.4) is 0 Å². The molecule has 0 aromatic heterocycles. The normalized spacial score (nSPS) is 6.00. The Hall–Kier alpha value is 1.13. The van der Waals surface area contributed by atoms with Gasteiger partial charge in [0.05, 0.1) is 21.1 Å². The van der Waals surface area contributed by atoms with Crippen LogP contribution in [0.4, 0.5) is 0 Å². The first kappa shape index (κ1) is 15.7. The molecule has 0 amide bonds. The van der Waals surface area contributed by atoms with E-state index in [-0.39, 0.29) is 38.6 Å². The van der Waals surface area contributed by atoms with E-state index < -0.39 is 0 Å². The van der Waals surface area contributed by atoms with Gasteiger partial charge in [-0.2, -0.15) is 0 Å². The van der Waals surface area contributed by atoms with Gasteiger partial charge in [-0.25, -0.2) is 0 Å². The van der Waals surface area contributed by atoms with Crippen LogP contribution in [-0.2, 0) is 26.2 Å².